The smallest absolute Gasteiger partial charge is 0.279 e. The normalized spacial score (nSPS) is 19.0. The first-order chi connectivity index (χ1) is 11.2. The second kappa shape index (κ2) is 7.59. The number of rotatable bonds is 5. The van der Waals surface area contributed by atoms with E-state index in [1.807, 2.05) is 12.1 Å². The lowest BCUT2D eigenvalue weighted by Crippen LogP contribution is -3.11. The standard InChI is InChI=1S/C18H25N3O2/c22-17(13-21-11-5-6-12-21)20-16-10-4-3-9-15(16)18(23)19-14-7-1-2-8-14/h3-4,9-10,14H,1-2,5-8,11-13H2,(H,19,23)(H,20,22)/p+1. The molecule has 0 bridgehead atoms. The van der Waals surface area contributed by atoms with Crippen LogP contribution in [-0.4, -0.2) is 37.5 Å². The molecule has 5 nitrogen and oxygen atoms in total. The minimum Gasteiger partial charge on any atom is -0.349 e. The molecular formula is C18H26N3O2+. The number of carbonyl (C=O) groups is 2. The van der Waals surface area contributed by atoms with Crippen LogP contribution in [0.5, 0.6) is 0 Å². The maximum Gasteiger partial charge on any atom is 0.279 e. The van der Waals surface area contributed by atoms with E-state index >= 15 is 0 Å². The monoisotopic (exact) mass is 316 g/mol. The van der Waals surface area contributed by atoms with Gasteiger partial charge >= 0.3 is 0 Å². The Labute approximate surface area is 137 Å². The average molecular weight is 316 g/mol. The molecule has 1 saturated heterocycles. The summed E-state index contributed by atoms with van der Waals surface area (Å²) in [5.74, 6) is -0.0932. The summed E-state index contributed by atoms with van der Waals surface area (Å²) in [7, 11) is 0. The number of quaternary nitrogens is 1. The van der Waals surface area contributed by atoms with Gasteiger partial charge in [0.25, 0.3) is 11.8 Å². The molecule has 0 atom stereocenters. The second-order valence-electron chi connectivity index (χ2n) is 6.68. The van der Waals surface area contributed by atoms with Crippen LogP contribution in [0.15, 0.2) is 24.3 Å². The van der Waals surface area contributed by atoms with Crippen molar-refractivity contribution in [2.24, 2.45) is 0 Å². The zero-order valence-electron chi connectivity index (χ0n) is 13.6. The molecule has 0 spiro atoms. The van der Waals surface area contributed by atoms with Crippen molar-refractivity contribution in [1.29, 1.82) is 0 Å². The molecule has 0 radical (unpaired) electrons. The van der Waals surface area contributed by atoms with Crippen LogP contribution in [-0.2, 0) is 4.79 Å². The van der Waals surface area contributed by atoms with E-state index in [1.54, 1.807) is 12.1 Å². The molecule has 23 heavy (non-hydrogen) atoms. The number of hydrogen-bond donors (Lipinski definition) is 3. The first kappa shape index (κ1) is 16.0. The van der Waals surface area contributed by atoms with Gasteiger partial charge in [-0.05, 0) is 25.0 Å². The Morgan fingerprint density at radius 1 is 1.04 bits per heavy atom. The number of para-hydroxylation sites is 1. The van der Waals surface area contributed by atoms with Crippen LogP contribution in [0.2, 0.25) is 0 Å². The number of carbonyl (C=O) groups excluding carboxylic acids is 2. The van der Waals surface area contributed by atoms with Crippen molar-refractivity contribution in [3.63, 3.8) is 0 Å². The van der Waals surface area contributed by atoms with E-state index in [9.17, 15) is 9.59 Å². The highest BCUT2D eigenvalue weighted by Crippen LogP contribution is 2.20. The predicted molar refractivity (Wildman–Crippen MR) is 89.6 cm³/mol. The van der Waals surface area contributed by atoms with Gasteiger partial charge < -0.3 is 15.5 Å². The van der Waals surface area contributed by atoms with Gasteiger partial charge in [0.15, 0.2) is 6.54 Å². The molecule has 3 rings (SSSR count). The lowest BCUT2D eigenvalue weighted by molar-refractivity contribution is -0.878. The molecular weight excluding hydrogens is 290 g/mol. The minimum atomic E-state index is -0.0821. The van der Waals surface area contributed by atoms with Crippen molar-refractivity contribution in [3.05, 3.63) is 29.8 Å². The highest BCUT2D eigenvalue weighted by atomic mass is 16.2. The van der Waals surface area contributed by atoms with E-state index < -0.39 is 0 Å². The zero-order valence-corrected chi connectivity index (χ0v) is 13.6. The Hall–Kier alpha value is -1.88. The van der Waals surface area contributed by atoms with E-state index in [0.29, 0.717) is 17.8 Å². The molecule has 2 aliphatic rings. The fourth-order valence-corrected chi connectivity index (χ4v) is 3.60. The number of likely N-dealkylation sites (tertiary alicyclic amines) is 1. The number of hydrogen-bond acceptors (Lipinski definition) is 2. The van der Waals surface area contributed by atoms with Crippen LogP contribution in [0.25, 0.3) is 0 Å². The number of nitrogens with one attached hydrogen (secondary N) is 3. The third-order valence-corrected chi connectivity index (χ3v) is 4.86. The zero-order chi connectivity index (χ0) is 16.1. The molecule has 124 valence electrons. The van der Waals surface area contributed by atoms with Gasteiger partial charge in [-0.3, -0.25) is 9.59 Å². The maximum atomic E-state index is 12.5. The molecule has 1 aliphatic heterocycles. The van der Waals surface area contributed by atoms with E-state index in [4.69, 9.17) is 0 Å². The Morgan fingerprint density at radius 3 is 2.48 bits per heavy atom. The predicted octanol–water partition coefficient (Wildman–Crippen LogP) is 0.976. The van der Waals surface area contributed by atoms with Gasteiger partial charge in [-0.15, -0.1) is 0 Å². The van der Waals surface area contributed by atoms with Crippen molar-refractivity contribution < 1.29 is 14.5 Å². The van der Waals surface area contributed by atoms with Gasteiger partial charge in [-0.2, -0.15) is 0 Å². The summed E-state index contributed by atoms with van der Waals surface area (Å²) in [6.07, 6.45) is 6.87. The number of amides is 2. The van der Waals surface area contributed by atoms with Crippen molar-refractivity contribution in [2.75, 3.05) is 25.0 Å². The molecule has 1 heterocycles. The van der Waals surface area contributed by atoms with Crippen LogP contribution in [0.4, 0.5) is 5.69 Å². The van der Waals surface area contributed by atoms with Gasteiger partial charge in [-0.1, -0.05) is 25.0 Å². The molecule has 0 aromatic heterocycles. The van der Waals surface area contributed by atoms with E-state index in [1.165, 1.54) is 30.6 Å². The van der Waals surface area contributed by atoms with Crippen LogP contribution in [0.3, 0.4) is 0 Å². The fourth-order valence-electron chi connectivity index (χ4n) is 3.60. The van der Waals surface area contributed by atoms with Crippen molar-refractivity contribution in [3.8, 4) is 0 Å². The lowest BCUT2D eigenvalue weighted by atomic mass is 10.1. The van der Waals surface area contributed by atoms with Crippen LogP contribution < -0.4 is 15.5 Å². The average Bonchev–Trinajstić information content (AvgIpc) is 3.21. The Morgan fingerprint density at radius 2 is 1.74 bits per heavy atom. The fraction of sp³-hybridized carbons (Fsp3) is 0.556. The summed E-state index contributed by atoms with van der Waals surface area (Å²) in [5, 5.41) is 6.01. The summed E-state index contributed by atoms with van der Waals surface area (Å²) in [5.41, 5.74) is 1.18. The summed E-state index contributed by atoms with van der Waals surface area (Å²) >= 11 is 0. The topological polar surface area (TPSA) is 62.6 Å². The molecule has 1 aromatic rings. The second-order valence-corrected chi connectivity index (χ2v) is 6.68. The molecule has 3 N–H and O–H groups in total. The van der Waals surface area contributed by atoms with Crippen molar-refractivity contribution in [2.45, 2.75) is 44.6 Å². The summed E-state index contributed by atoms with van der Waals surface area (Å²) in [6, 6.07) is 7.55. The largest absolute Gasteiger partial charge is 0.349 e. The maximum absolute atomic E-state index is 12.5. The molecule has 1 aliphatic carbocycles. The first-order valence-electron chi connectivity index (χ1n) is 8.75. The first-order valence-corrected chi connectivity index (χ1v) is 8.75. The van der Waals surface area contributed by atoms with Crippen LogP contribution in [0, 0.1) is 0 Å². The molecule has 0 unspecified atom stereocenters. The summed E-state index contributed by atoms with van der Waals surface area (Å²) in [6.45, 7) is 2.62. The highest BCUT2D eigenvalue weighted by molar-refractivity contribution is 6.04. The Balaban J connectivity index is 1.62. The molecule has 5 heteroatoms. The van der Waals surface area contributed by atoms with Gasteiger partial charge in [0.1, 0.15) is 0 Å². The molecule has 2 amide bonds. The number of benzene rings is 1. The van der Waals surface area contributed by atoms with E-state index in [-0.39, 0.29) is 17.9 Å². The van der Waals surface area contributed by atoms with Gasteiger partial charge in [-0.25, -0.2) is 0 Å². The van der Waals surface area contributed by atoms with E-state index in [2.05, 4.69) is 10.6 Å². The highest BCUT2D eigenvalue weighted by Gasteiger charge is 2.22. The van der Waals surface area contributed by atoms with Gasteiger partial charge in [0.2, 0.25) is 0 Å². The van der Waals surface area contributed by atoms with Gasteiger partial charge in [0, 0.05) is 18.9 Å². The van der Waals surface area contributed by atoms with Crippen molar-refractivity contribution in [1.82, 2.24) is 5.32 Å². The molecule has 2 fully saturated rings. The van der Waals surface area contributed by atoms with Crippen LogP contribution >= 0.6 is 0 Å². The Bertz CT molecular complexity index is 561. The molecule has 1 aromatic carbocycles. The quantitative estimate of drug-likeness (QED) is 0.758. The summed E-state index contributed by atoms with van der Waals surface area (Å²) < 4.78 is 0. The minimum absolute atomic E-state index is 0.0111. The van der Waals surface area contributed by atoms with Crippen molar-refractivity contribution >= 4 is 17.5 Å². The summed E-state index contributed by atoms with van der Waals surface area (Å²) in [4.78, 5) is 26.0. The SMILES string of the molecule is O=C(C[NH+]1CCCC1)Nc1ccccc1C(=O)NC1CCCC1. The number of anilines is 1. The Kier molecular flexibility index (Phi) is 5.28. The van der Waals surface area contributed by atoms with E-state index in [0.717, 1.165) is 25.9 Å². The van der Waals surface area contributed by atoms with Crippen LogP contribution in [0.1, 0.15) is 48.9 Å². The third kappa shape index (κ3) is 4.32. The third-order valence-electron chi connectivity index (χ3n) is 4.86. The lowest BCUT2D eigenvalue weighted by Gasteiger charge is -2.16. The molecule has 1 saturated carbocycles. The van der Waals surface area contributed by atoms with Gasteiger partial charge in [0.05, 0.1) is 24.3 Å².